The van der Waals surface area contributed by atoms with Crippen LogP contribution in [0.1, 0.15) is 24.2 Å². The molecule has 0 saturated carbocycles. The number of hydrogen-bond acceptors (Lipinski definition) is 6. The van der Waals surface area contributed by atoms with Crippen molar-refractivity contribution < 1.29 is 9.63 Å². The number of aryl methyl sites for hydroxylation is 1. The SMILES string of the molecule is Cc1cccc(SCc2noc(CC(C)(O)CN)n2)c1. The zero-order valence-electron chi connectivity index (χ0n) is 11.7. The third kappa shape index (κ3) is 4.33. The molecule has 1 heterocycles. The van der Waals surface area contributed by atoms with E-state index in [9.17, 15) is 5.11 Å². The Labute approximate surface area is 122 Å². The summed E-state index contributed by atoms with van der Waals surface area (Å²) in [5.41, 5.74) is 5.68. The Morgan fingerprint density at radius 3 is 2.95 bits per heavy atom. The number of benzene rings is 1. The van der Waals surface area contributed by atoms with Gasteiger partial charge in [0.2, 0.25) is 5.89 Å². The van der Waals surface area contributed by atoms with E-state index in [1.807, 2.05) is 6.07 Å². The van der Waals surface area contributed by atoms with E-state index in [1.165, 1.54) is 10.5 Å². The van der Waals surface area contributed by atoms with Gasteiger partial charge in [-0.05, 0) is 26.0 Å². The van der Waals surface area contributed by atoms with Gasteiger partial charge in [-0.3, -0.25) is 0 Å². The number of thioether (sulfide) groups is 1. The van der Waals surface area contributed by atoms with Gasteiger partial charge in [-0.1, -0.05) is 22.9 Å². The average molecular weight is 293 g/mol. The van der Waals surface area contributed by atoms with Gasteiger partial charge in [-0.2, -0.15) is 4.98 Å². The average Bonchev–Trinajstić information content (AvgIpc) is 2.83. The van der Waals surface area contributed by atoms with E-state index in [2.05, 4.69) is 35.3 Å². The zero-order valence-corrected chi connectivity index (χ0v) is 12.5. The highest BCUT2D eigenvalue weighted by Gasteiger charge is 2.22. The minimum Gasteiger partial charge on any atom is -0.388 e. The lowest BCUT2D eigenvalue weighted by atomic mass is 10.0. The molecule has 6 heteroatoms. The van der Waals surface area contributed by atoms with E-state index in [1.54, 1.807) is 18.7 Å². The second kappa shape index (κ2) is 6.39. The van der Waals surface area contributed by atoms with Crippen molar-refractivity contribution in [3.63, 3.8) is 0 Å². The van der Waals surface area contributed by atoms with Crippen molar-refractivity contribution in [2.75, 3.05) is 6.54 Å². The Balaban J connectivity index is 1.93. The van der Waals surface area contributed by atoms with E-state index in [0.29, 0.717) is 17.5 Å². The molecule has 3 N–H and O–H groups in total. The lowest BCUT2D eigenvalue weighted by Crippen LogP contribution is -2.36. The van der Waals surface area contributed by atoms with Crippen LogP contribution in [0.5, 0.6) is 0 Å². The van der Waals surface area contributed by atoms with Crippen LogP contribution in [0.25, 0.3) is 0 Å². The number of aliphatic hydroxyl groups is 1. The smallest absolute Gasteiger partial charge is 0.229 e. The lowest BCUT2D eigenvalue weighted by molar-refractivity contribution is 0.0610. The van der Waals surface area contributed by atoms with Gasteiger partial charge in [0.15, 0.2) is 5.82 Å². The molecular weight excluding hydrogens is 274 g/mol. The molecule has 0 aliphatic carbocycles. The fraction of sp³-hybridized carbons (Fsp3) is 0.429. The zero-order chi connectivity index (χ0) is 14.6. The molecule has 2 rings (SSSR count). The van der Waals surface area contributed by atoms with Gasteiger partial charge in [0.25, 0.3) is 0 Å². The van der Waals surface area contributed by atoms with Crippen molar-refractivity contribution in [3.8, 4) is 0 Å². The molecule has 108 valence electrons. The maximum Gasteiger partial charge on any atom is 0.229 e. The van der Waals surface area contributed by atoms with Crippen LogP contribution in [-0.2, 0) is 12.2 Å². The Morgan fingerprint density at radius 2 is 2.25 bits per heavy atom. The van der Waals surface area contributed by atoms with E-state index in [-0.39, 0.29) is 13.0 Å². The van der Waals surface area contributed by atoms with E-state index in [0.717, 1.165) is 0 Å². The summed E-state index contributed by atoms with van der Waals surface area (Å²) in [6.07, 6.45) is 0.269. The second-order valence-electron chi connectivity index (χ2n) is 5.09. The summed E-state index contributed by atoms with van der Waals surface area (Å²) in [6, 6.07) is 8.26. The number of nitrogens with zero attached hydrogens (tertiary/aromatic N) is 2. The number of rotatable bonds is 6. The Bertz CT molecular complexity index is 569. The van der Waals surface area contributed by atoms with Crippen molar-refractivity contribution in [2.24, 2.45) is 5.73 Å². The Morgan fingerprint density at radius 1 is 1.45 bits per heavy atom. The van der Waals surface area contributed by atoms with E-state index >= 15 is 0 Å². The molecule has 0 fully saturated rings. The van der Waals surface area contributed by atoms with Gasteiger partial charge in [0.05, 0.1) is 17.8 Å². The summed E-state index contributed by atoms with van der Waals surface area (Å²) in [4.78, 5) is 5.44. The molecule has 0 radical (unpaired) electrons. The predicted octanol–water partition coefficient (Wildman–Crippen LogP) is 1.92. The highest BCUT2D eigenvalue weighted by atomic mass is 32.2. The van der Waals surface area contributed by atoms with Crippen molar-refractivity contribution >= 4 is 11.8 Å². The molecule has 1 aromatic carbocycles. The normalized spacial score (nSPS) is 14.2. The first-order valence-electron chi connectivity index (χ1n) is 6.42. The Kier molecular flexibility index (Phi) is 4.80. The first-order chi connectivity index (χ1) is 9.48. The standard InChI is InChI=1S/C14H19N3O2S/c1-10-4-3-5-11(6-10)20-8-12-16-13(19-17-12)7-14(2,18)9-15/h3-6,18H,7-9,15H2,1-2H3. The third-order valence-corrected chi connectivity index (χ3v) is 3.83. The van der Waals surface area contributed by atoms with Gasteiger partial charge < -0.3 is 15.4 Å². The van der Waals surface area contributed by atoms with Crippen LogP contribution < -0.4 is 5.73 Å². The van der Waals surface area contributed by atoms with Crippen LogP contribution in [-0.4, -0.2) is 27.4 Å². The maximum atomic E-state index is 9.87. The fourth-order valence-corrected chi connectivity index (χ4v) is 2.53. The van der Waals surface area contributed by atoms with Crippen molar-refractivity contribution in [2.45, 2.75) is 36.5 Å². The van der Waals surface area contributed by atoms with Gasteiger partial charge in [0.1, 0.15) is 0 Å². The van der Waals surface area contributed by atoms with E-state index < -0.39 is 5.60 Å². The van der Waals surface area contributed by atoms with Crippen LogP contribution in [0.3, 0.4) is 0 Å². The van der Waals surface area contributed by atoms with Gasteiger partial charge in [-0.15, -0.1) is 11.8 Å². The summed E-state index contributed by atoms with van der Waals surface area (Å²) >= 11 is 1.65. The Hall–Kier alpha value is -1.37. The van der Waals surface area contributed by atoms with Crippen LogP contribution in [0.2, 0.25) is 0 Å². The topological polar surface area (TPSA) is 85.2 Å². The number of nitrogens with two attached hydrogens (primary N) is 1. The monoisotopic (exact) mass is 293 g/mol. The lowest BCUT2D eigenvalue weighted by Gasteiger charge is -2.17. The summed E-state index contributed by atoms with van der Waals surface area (Å²) in [5.74, 6) is 1.68. The molecule has 2 aromatic rings. The summed E-state index contributed by atoms with van der Waals surface area (Å²) in [7, 11) is 0. The first kappa shape index (κ1) is 15.0. The second-order valence-corrected chi connectivity index (χ2v) is 6.14. The largest absolute Gasteiger partial charge is 0.388 e. The molecular formula is C14H19N3O2S. The quantitative estimate of drug-likeness (QED) is 0.792. The number of hydrogen-bond donors (Lipinski definition) is 2. The molecule has 0 saturated heterocycles. The minimum atomic E-state index is -1.01. The number of aromatic nitrogens is 2. The molecule has 1 unspecified atom stereocenters. The molecule has 1 aromatic heterocycles. The molecule has 0 aliphatic rings. The van der Waals surface area contributed by atoms with Gasteiger partial charge >= 0.3 is 0 Å². The van der Waals surface area contributed by atoms with Crippen molar-refractivity contribution in [1.29, 1.82) is 0 Å². The van der Waals surface area contributed by atoms with Crippen LogP contribution in [0.15, 0.2) is 33.7 Å². The minimum absolute atomic E-state index is 0.156. The van der Waals surface area contributed by atoms with Crippen LogP contribution in [0.4, 0.5) is 0 Å². The van der Waals surface area contributed by atoms with Gasteiger partial charge in [0, 0.05) is 11.4 Å². The summed E-state index contributed by atoms with van der Waals surface area (Å²) < 4.78 is 5.12. The van der Waals surface area contributed by atoms with Crippen LogP contribution in [0, 0.1) is 6.92 Å². The van der Waals surface area contributed by atoms with Crippen LogP contribution >= 0.6 is 11.8 Å². The molecule has 0 bridgehead atoms. The molecule has 0 amide bonds. The van der Waals surface area contributed by atoms with Gasteiger partial charge in [-0.25, -0.2) is 0 Å². The van der Waals surface area contributed by atoms with E-state index in [4.69, 9.17) is 10.3 Å². The van der Waals surface area contributed by atoms with Crippen molar-refractivity contribution in [1.82, 2.24) is 10.1 Å². The molecule has 0 aliphatic heterocycles. The van der Waals surface area contributed by atoms with Crippen molar-refractivity contribution in [3.05, 3.63) is 41.5 Å². The first-order valence-corrected chi connectivity index (χ1v) is 7.40. The highest BCUT2D eigenvalue weighted by molar-refractivity contribution is 7.98. The molecule has 5 nitrogen and oxygen atoms in total. The summed E-state index contributed by atoms with van der Waals surface area (Å²) in [6.45, 7) is 3.87. The molecule has 0 spiro atoms. The molecule has 1 atom stereocenters. The third-order valence-electron chi connectivity index (χ3n) is 2.84. The summed E-state index contributed by atoms with van der Waals surface area (Å²) in [5, 5.41) is 13.8. The fourth-order valence-electron chi connectivity index (χ4n) is 1.67. The predicted molar refractivity (Wildman–Crippen MR) is 78.4 cm³/mol. The molecule has 20 heavy (non-hydrogen) atoms. The maximum absolute atomic E-state index is 9.87. The highest BCUT2D eigenvalue weighted by Crippen LogP contribution is 2.22.